The number of nitrogens with zero attached hydrogens (tertiary/aromatic N) is 2. The highest BCUT2D eigenvalue weighted by Crippen LogP contribution is 2.54. The van der Waals surface area contributed by atoms with Crippen LogP contribution in [0.15, 0.2) is 16.7 Å². The molecule has 4 aliphatic heterocycles. The van der Waals surface area contributed by atoms with Crippen LogP contribution in [-0.2, 0) is 9.53 Å². The number of amides is 2. The molecule has 158 valence electrons. The van der Waals surface area contributed by atoms with Gasteiger partial charge in [0.05, 0.1) is 31.1 Å². The average molecular weight is 402 g/mol. The van der Waals surface area contributed by atoms with E-state index in [1.807, 2.05) is 11.8 Å². The summed E-state index contributed by atoms with van der Waals surface area (Å²) >= 11 is 0. The second kappa shape index (κ2) is 7.43. The fourth-order valence-corrected chi connectivity index (χ4v) is 5.96. The third-order valence-electron chi connectivity index (χ3n) is 7.51. The number of hydrogen-bond acceptors (Lipinski definition) is 5. The van der Waals surface area contributed by atoms with Gasteiger partial charge in [-0.05, 0) is 51.8 Å². The Kier molecular flexibility index (Phi) is 4.90. The maximum Gasteiger partial charge on any atom is 0.287 e. The lowest BCUT2D eigenvalue weighted by molar-refractivity contribution is -0.133. The normalized spacial score (nSPS) is 33.8. The molecule has 4 saturated heterocycles. The smallest absolute Gasteiger partial charge is 0.287 e. The van der Waals surface area contributed by atoms with Crippen molar-refractivity contribution < 1.29 is 18.7 Å². The van der Waals surface area contributed by atoms with Gasteiger partial charge >= 0.3 is 0 Å². The molecule has 0 unspecified atom stereocenters. The van der Waals surface area contributed by atoms with Crippen LogP contribution >= 0.6 is 0 Å². The number of carbonyl (C=O) groups is 2. The molecule has 2 amide bonds. The van der Waals surface area contributed by atoms with E-state index in [1.54, 1.807) is 12.3 Å². The van der Waals surface area contributed by atoms with E-state index in [2.05, 4.69) is 10.2 Å². The minimum atomic E-state index is -0.196. The highest BCUT2D eigenvalue weighted by molar-refractivity contribution is 5.92. The van der Waals surface area contributed by atoms with Crippen molar-refractivity contribution in [2.45, 2.75) is 50.7 Å². The summed E-state index contributed by atoms with van der Waals surface area (Å²) in [5, 5.41) is 3.05. The first-order valence-electron chi connectivity index (χ1n) is 11.1. The molecule has 29 heavy (non-hydrogen) atoms. The molecule has 4 atom stereocenters. The van der Waals surface area contributed by atoms with Gasteiger partial charge in [-0.25, -0.2) is 0 Å². The molecule has 4 fully saturated rings. The number of piperidine rings is 1. The second-order valence-electron chi connectivity index (χ2n) is 9.28. The molecule has 1 spiro atoms. The molecule has 7 heteroatoms. The zero-order valence-electron chi connectivity index (χ0n) is 17.2. The van der Waals surface area contributed by atoms with Gasteiger partial charge in [-0.3, -0.25) is 14.5 Å². The van der Waals surface area contributed by atoms with Gasteiger partial charge < -0.3 is 19.4 Å². The summed E-state index contributed by atoms with van der Waals surface area (Å²) in [5.74, 6) is 1.02. The number of carbonyl (C=O) groups excluding carboxylic acids is 2. The molecule has 2 bridgehead atoms. The Morgan fingerprint density at radius 3 is 2.86 bits per heavy atom. The van der Waals surface area contributed by atoms with E-state index in [1.165, 1.54) is 19.3 Å². The number of ether oxygens (including phenoxy) is 1. The number of fused-ring (bicyclic) bond motifs is 1. The second-order valence-corrected chi connectivity index (χ2v) is 9.28. The van der Waals surface area contributed by atoms with Crippen molar-refractivity contribution >= 4 is 11.8 Å². The van der Waals surface area contributed by atoms with Crippen LogP contribution < -0.4 is 5.32 Å². The Labute approximate surface area is 171 Å². The first kappa shape index (κ1) is 19.1. The van der Waals surface area contributed by atoms with Crippen LogP contribution in [0.5, 0.6) is 0 Å². The molecule has 7 nitrogen and oxygen atoms in total. The number of hydrogen-bond donors (Lipinski definition) is 1. The van der Waals surface area contributed by atoms with E-state index in [9.17, 15) is 9.59 Å². The Morgan fingerprint density at radius 2 is 2.10 bits per heavy atom. The van der Waals surface area contributed by atoms with Crippen LogP contribution in [0, 0.1) is 18.8 Å². The van der Waals surface area contributed by atoms with Crippen molar-refractivity contribution in [2.75, 3.05) is 39.3 Å². The molecule has 0 aliphatic carbocycles. The monoisotopic (exact) mass is 401 g/mol. The Hall–Kier alpha value is -1.86. The van der Waals surface area contributed by atoms with Gasteiger partial charge in [-0.15, -0.1) is 0 Å². The zero-order chi connectivity index (χ0) is 20.0. The highest BCUT2D eigenvalue weighted by atomic mass is 16.5. The van der Waals surface area contributed by atoms with Crippen LogP contribution in [0.4, 0.5) is 0 Å². The first-order valence-corrected chi connectivity index (χ1v) is 11.1. The summed E-state index contributed by atoms with van der Waals surface area (Å²) < 4.78 is 11.7. The van der Waals surface area contributed by atoms with E-state index >= 15 is 0 Å². The average Bonchev–Trinajstić information content (AvgIpc) is 3.47. The molecule has 1 aromatic rings. The Balaban J connectivity index is 1.21. The number of furan rings is 1. The van der Waals surface area contributed by atoms with E-state index < -0.39 is 0 Å². The SMILES string of the molecule is Cc1ccoc1C(=O)NC[C@H]1[C@H]2CN(C(=O)CN3CCCCC3)C[C@]23CC[C@H]1O3. The lowest BCUT2D eigenvalue weighted by atomic mass is 9.73. The van der Waals surface area contributed by atoms with E-state index in [0.717, 1.165) is 38.0 Å². The van der Waals surface area contributed by atoms with Crippen LogP contribution in [0.2, 0.25) is 0 Å². The van der Waals surface area contributed by atoms with Gasteiger partial charge in [0, 0.05) is 30.5 Å². The van der Waals surface area contributed by atoms with E-state index in [0.29, 0.717) is 31.3 Å². The maximum absolute atomic E-state index is 12.9. The molecule has 0 radical (unpaired) electrons. The number of aryl methyl sites for hydroxylation is 1. The molecule has 5 rings (SSSR count). The Morgan fingerprint density at radius 1 is 1.28 bits per heavy atom. The van der Waals surface area contributed by atoms with Gasteiger partial charge in [0.2, 0.25) is 5.91 Å². The molecule has 5 heterocycles. The van der Waals surface area contributed by atoms with Crippen LogP contribution in [-0.4, -0.2) is 72.6 Å². The summed E-state index contributed by atoms with van der Waals surface area (Å²) in [5.41, 5.74) is 0.650. The summed E-state index contributed by atoms with van der Waals surface area (Å²) in [7, 11) is 0. The van der Waals surface area contributed by atoms with Crippen molar-refractivity contribution in [1.29, 1.82) is 0 Å². The topological polar surface area (TPSA) is 75.0 Å². The van der Waals surface area contributed by atoms with Gasteiger partial charge in [0.25, 0.3) is 5.91 Å². The fourth-order valence-electron chi connectivity index (χ4n) is 5.96. The third-order valence-corrected chi connectivity index (χ3v) is 7.51. The zero-order valence-corrected chi connectivity index (χ0v) is 17.2. The standard InChI is InChI=1S/C22H31N3O4/c1-15-6-10-28-20(15)21(27)23-11-16-17-12-25(14-22(17)7-5-18(16)29-22)19(26)13-24-8-3-2-4-9-24/h6,10,16-18H,2-5,7-9,11-14H2,1H3,(H,23,27)/t16-,17+,18+,22+/m0/s1. The maximum atomic E-state index is 12.9. The summed E-state index contributed by atoms with van der Waals surface area (Å²) in [4.78, 5) is 29.7. The van der Waals surface area contributed by atoms with E-state index in [4.69, 9.17) is 9.15 Å². The number of rotatable bonds is 5. The fraction of sp³-hybridized carbons (Fsp3) is 0.727. The molecule has 0 aromatic carbocycles. The molecular weight excluding hydrogens is 370 g/mol. The van der Waals surface area contributed by atoms with E-state index in [-0.39, 0.29) is 29.4 Å². The molecule has 1 N–H and O–H groups in total. The largest absolute Gasteiger partial charge is 0.459 e. The minimum Gasteiger partial charge on any atom is -0.459 e. The van der Waals surface area contributed by atoms with Crippen LogP contribution in [0.1, 0.15) is 48.2 Å². The highest BCUT2D eigenvalue weighted by Gasteiger charge is 2.63. The van der Waals surface area contributed by atoms with Crippen molar-refractivity contribution in [2.24, 2.45) is 11.8 Å². The molecule has 4 aliphatic rings. The van der Waals surface area contributed by atoms with Crippen LogP contribution in [0.25, 0.3) is 0 Å². The van der Waals surface area contributed by atoms with Gasteiger partial charge in [-0.1, -0.05) is 6.42 Å². The van der Waals surface area contributed by atoms with Crippen molar-refractivity contribution in [3.63, 3.8) is 0 Å². The van der Waals surface area contributed by atoms with Crippen LogP contribution in [0.3, 0.4) is 0 Å². The predicted molar refractivity (Wildman–Crippen MR) is 106 cm³/mol. The Bertz CT molecular complexity index is 787. The minimum absolute atomic E-state index is 0.166. The lowest BCUT2D eigenvalue weighted by Crippen LogP contribution is -2.43. The molecule has 0 saturated carbocycles. The number of likely N-dealkylation sites (tertiary alicyclic amines) is 2. The van der Waals surface area contributed by atoms with Crippen molar-refractivity contribution in [3.05, 3.63) is 23.7 Å². The third kappa shape index (κ3) is 3.38. The lowest BCUT2D eigenvalue weighted by Gasteiger charge is -2.29. The quantitative estimate of drug-likeness (QED) is 0.815. The molecular formula is C22H31N3O4. The summed E-state index contributed by atoms with van der Waals surface area (Å²) in [6.45, 7) is 6.51. The molecule has 1 aromatic heterocycles. The van der Waals surface area contributed by atoms with Gasteiger partial charge in [0.15, 0.2) is 5.76 Å². The van der Waals surface area contributed by atoms with Crippen molar-refractivity contribution in [3.8, 4) is 0 Å². The first-order chi connectivity index (χ1) is 14.1. The summed E-state index contributed by atoms with van der Waals surface area (Å²) in [6.07, 6.45) is 7.45. The predicted octanol–water partition coefficient (Wildman–Crippen LogP) is 1.81. The summed E-state index contributed by atoms with van der Waals surface area (Å²) in [6, 6.07) is 1.80. The van der Waals surface area contributed by atoms with Crippen molar-refractivity contribution in [1.82, 2.24) is 15.1 Å². The van der Waals surface area contributed by atoms with Gasteiger partial charge in [0.1, 0.15) is 0 Å². The number of nitrogens with one attached hydrogen (secondary N) is 1. The van der Waals surface area contributed by atoms with Gasteiger partial charge in [-0.2, -0.15) is 0 Å².